The summed E-state index contributed by atoms with van der Waals surface area (Å²) in [5.41, 5.74) is 0.329. The van der Waals surface area contributed by atoms with E-state index in [1.807, 2.05) is 0 Å². The molecule has 0 radical (unpaired) electrons. The van der Waals surface area contributed by atoms with Gasteiger partial charge in [0.2, 0.25) is 0 Å². The molecule has 0 aliphatic rings. The van der Waals surface area contributed by atoms with Crippen molar-refractivity contribution >= 4 is 21.9 Å². The molecule has 0 unspecified atom stereocenters. The zero-order valence-electron chi connectivity index (χ0n) is 15.6. The molecule has 3 rings (SSSR count). The van der Waals surface area contributed by atoms with Crippen LogP contribution in [-0.2, 0) is 10.1 Å². The molecule has 0 saturated heterocycles. The zero-order chi connectivity index (χ0) is 21.9. The van der Waals surface area contributed by atoms with Crippen molar-refractivity contribution in [1.29, 1.82) is 0 Å². The number of methoxy groups -OCH3 is 1. The smallest absolute Gasteiger partial charge is 0.339 e. The van der Waals surface area contributed by atoms with E-state index >= 15 is 0 Å². The molecule has 2 N–H and O–H groups in total. The maximum Gasteiger partial charge on any atom is 0.339 e. The van der Waals surface area contributed by atoms with Crippen LogP contribution in [0.4, 0.5) is 0 Å². The Kier molecular flexibility index (Phi) is 5.74. The summed E-state index contributed by atoms with van der Waals surface area (Å²) in [6, 6.07) is 14.8. The van der Waals surface area contributed by atoms with Crippen LogP contribution in [0, 0.1) is 0 Å². The third-order valence-electron chi connectivity index (χ3n) is 4.16. The summed E-state index contributed by atoms with van der Waals surface area (Å²) in [4.78, 5) is 23.0. The van der Waals surface area contributed by atoms with Gasteiger partial charge in [0.25, 0.3) is 0 Å². The Morgan fingerprint density at radius 1 is 0.833 bits per heavy atom. The zero-order valence-corrected chi connectivity index (χ0v) is 16.4. The van der Waals surface area contributed by atoms with Gasteiger partial charge in [0.15, 0.2) is 5.78 Å². The summed E-state index contributed by atoms with van der Waals surface area (Å²) in [5.74, 6) is -1.80. The highest BCUT2D eigenvalue weighted by Crippen LogP contribution is 2.25. The van der Waals surface area contributed by atoms with Gasteiger partial charge in [-0.1, -0.05) is 0 Å². The summed E-state index contributed by atoms with van der Waals surface area (Å²) in [6.07, 6.45) is 0. The highest BCUT2D eigenvalue weighted by molar-refractivity contribution is 7.87. The van der Waals surface area contributed by atoms with Gasteiger partial charge in [-0.2, -0.15) is 8.42 Å². The van der Waals surface area contributed by atoms with Gasteiger partial charge in [-0.25, -0.2) is 4.79 Å². The van der Waals surface area contributed by atoms with Gasteiger partial charge in [0, 0.05) is 17.2 Å². The molecule has 0 amide bonds. The number of ether oxygens (including phenoxy) is 1. The van der Waals surface area contributed by atoms with E-state index in [0.717, 1.165) is 18.2 Å². The molecule has 3 aromatic rings. The number of hydrogen-bond donors (Lipinski definition) is 2. The fourth-order valence-corrected chi connectivity index (χ4v) is 3.54. The standard InChI is InChI=1S/C21H16O8S/c1-28-15-6-2-13(3-7-15)20(23)14-4-8-16(9-5-14)29-30(26,27)17-10-11-18(21(24)25)19(22)12-17/h2-12,22H,1H3,(H,24,25). The monoisotopic (exact) mass is 428 g/mol. The largest absolute Gasteiger partial charge is 0.507 e. The molecule has 0 fully saturated rings. The van der Waals surface area contributed by atoms with E-state index in [1.54, 1.807) is 24.3 Å². The number of ketones is 1. The lowest BCUT2D eigenvalue weighted by molar-refractivity contribution is 0.0693. The van der Waals surface area contributed by atoms with Gasteiger partial charge in [-0.05, 0) is 60.7 Å². The second kappa shape index (κ2) is 8.26. The van der Waals surface area contributed by atoms with E-state index in [9.17, 15) is 23.1 Å². The lowest BCUT2D eigenvalue weighted by Crippen LogP contribution is -2.10. The first-order valence-electron chi connectivity index (χ1n) is 8.51. The number of rotatable bonds is 7. The second-order valence-electron chi connectivity index (χ2n) is 6.10. The normalized spacial score (nSPS) is 11.0. The van der Waals surface area contributed by atoms with E-state index in [1.165, 1.54) is 31.4 Å². The van der Waals surface area contributed by atoms with Gasteiger partial charge in [0.05, 0.1) is 7.11 Å². The fourth-order valence-electron chi connectivity index (χ4n) is 2.59. The van der Waals surface area contributed by atoms with E-state index in [0.29, 0.717) is 16.9 Å². The number of hydrogen-bond acceptors (Lipinski definition) is 7. The van der Waals surface area contributed by atoms with E-state index in [-0.39, 0.29) is 11.5 Å². The van der Waals surface area contributed by atoms with Crippen LogP contribution in [0.3, 0.4) is 0 Å². The molecule has 0 aliphatic carbocycles. The number of carbonyl (C=O) groups excluding carboxylic acids is 1. The number of carboxylic acids is 1. The summed E-state index contributed by atoms with van der Waals surface area (Å²) in [6.45, 7) is 0. The van der Waals surface area contributed by atoms with Crippen molar-refractivity contribution in [1.82, 2.24) is 0 Å². The van der Waals surface area contributed by atoms with Crippen LogP contribution in [-0.4, -0.2) is 37.5 Å². The minimum atomic E-state index is -4.32. The molecule has 3 aromatic carbocycles. The van der Waals surface area contributed by atoms with Crippen LogP contribution >= 0.6 is 0 Å². The van der Waals surface area contributed by atoms with Crippen molar-refractivity contribution < 1.29 is 37.1 Å². The van der Waals surface area contributed by atoms with Crippen molar-refractivity contribution in [2.45, 2.75) is 4.90 Å². The number of aromatic carboxylic acids is 1. The minimum Gasteiger partial charge on any atom is -0.507 e. The van der Waals surface area contributed by atoms with E-state index in [2.05, 4.69) is 0 Å². The molecular formula is C21H16O8S. The van der Waals surface area contributed by atoms with Crippen LogP contribution in [0.1, 0.15) is 26.3 Å². The molecule has 9 heteroatoms. The molecule has 0 aliphatic heterocycles. The number of carboxylic acid groups (broad SMARTS) is 1. The lowest BCUT2D eigenvalue weighted by atomic mass is 10.0. The highest BCUT2D eigenvalue weighted by atomic mass is 32.2. The molecule has 0 saturated carbocycles. The molecule has 0 atom stereocenters. The molecule has 154 valence electrons. The first kappa shape index (κ1) is 20.9. The number of carbonyl (C=O) groups is 2. The lowest BCUT2D eigenvalue weighted by Gasteiger charge is -2.09. The Hall–Kier alpha value is -3.85. The van der Waals surface area contributed by atoms with Crippen molar-refractivity contribution in [3.05, 3.63) is 83.4 Å². The Morgan fingerprint density at radius 3 is 1.83 bits per heavy atom. The van der Waals surface area contributed by atoms with Crippen molar-refractivity contribution in [2.24, 2.45) is 0 Å². The van der Waals surface area contributed by atoms with Crippen molar-refractivity contribution in [3.8, 4) is 17.2 Å². The van der Waals surface area contributed by atoms with Gasteiger partial charge in [-0.3, -0.25) is 4.79 Å². The van der Waals surface area contributed by atoms with Crippen molar-refractivity contribution in [2.75, 3.05) is 7.11 Å². The summed E-state index contributed by atoms with van der Waals surface area (Å²) < 4.78 is 34.8. The van der Waals surface area contributed by atoms with E-state index < -0.39 is 32.3 Å². The van der Waals surface area contributed by atoms with Crippen LogP contribution in [0.15, 0.2) is 71.6 Å². The van der Waals surface area contributed by atoms with Gasteiger partial charge in [-0.15, -0.1) is 0 Å². The Balaban J connectivity index is 1.78. The first-order chi connectivity index (χ1) is 14.2. The first-order valence-corrected chi connectivity index (χ1v) is 9.92. The quantitative estimate of drug-likeness (QED) is 0.434. The molecule has 0 aromatic heterocycles. The second-order valence-corrected chi connectivity index (χ2v) is 7.65. The summed E-state index contributed by atoms with van der Waals surface area (Å²) in [7, 11) is -2.80. The van der Waals surface area contributed by atoms with E-state index in [4.69, 9.17) is 14.0 Å². The predicted molar refractivity (Wildman–Crippen MR) is 106 cm³/mol. The average Bonchev–Trinajstić information content (AvgIpc) is 2.73. The Bertz CT molecular complexity index is 1200. The molecule has 0 bridgehead atoms. The highest BCUT2D eigenvalue weighted by Gasteiger charge is 2.20. The molecule has 0 heterocycles. The van der Waals surface area contributed by atoms with Crippen LogP contribution in [0.25, 0.3) is 0 Å². The van der Waals surface area contributed by atoms with Crippen molar-refractivity contribution in [3.63, 3.8) is 0 Å². The molecule has 0 spiro atoms. The molecule has 30 heavy (non-hydrogen) atoms. The van der Waals surface area contributed by atoms with Gasteiger partial charge >= 0.3 is 16.1 Å². The number of aromatic hydroxyl groups is 1. The minimum absolute atomic E-state index is 0.0527. The summed E-state index contributed by atoms with van der Waals surface area (Å²) >= 11 is 0. The average molecular weight is 428 g/mol. The maximum absolute atomic E-state index is 12.5. The van der Waals surface area contributed by atoms with Gasteiger partial charge in [0.1, 0.15) is 27.7 Å². The maximum atomic E-state index is 12.5. The third-order valence-corrected chi connectivity index (χ3v) is 5.41. The summed E-state index contributed by atoms with van der Waals surface area (Å²) in [5, 5.41) is 18.6. The SMILES string of the molecule is COc1ccc(C(=O)c2ccc(OS(=O)(=O)c3ccc(C(=O)O)c(O)c3)cc2)cc1. The Labute approximate surface area is 172 Å². The topological polar surface area (TPSA) is 127 Å². The Morgan fingerprint density at radius 2 is 1.37 bits per heavy atom. The fraction of sp³-hybridized carbons (Fsp3) is 0.0476. The molecule has 8 nitrogen and oxygen atoms in total. The molecular weight excluding hydrogens is 412 g/mol. The third kappa shape index (κ3) is 4.41. The van der Waals surface area contributed by atoms with Crippen LogP contribution < -0.4 is 8.92 Å². The predicted octanol–water partition coefficient (Wildman–Crippen LogP) is 3.10. The van der Waals surface area contributed by atoms with Gasteiger partial charge < -0.3 is 19.1 Å². The van der Waals surface area contributed by atoms with Crippen LogP contribution in [0.5, 0.6) is 17.2 Å². The number of benzene rings is 3. The van der Waals surface area contributed by atoms with Crippen LogP contribution in [0.2, 0.25) is 0 Å². The number of phenols is 1.